The summed E-state index contributed by atoms with van der Waals surface area (Å²) in [6, 6.07) is 8.19. The predicted octanol–water partition coefficient (Wildman–Crippen LogP) is 4.34. The van der Waals surface area contributed by atoms with Gasteiger partial charge in [0.05, 0.1) is 6.61 Å². The molecule has 114 valence electrons. The summed E-state index contributed by atoms with van der Waals surface area (Å²) in [7, 11) is 0. The van der Waals surface area contributed by atoms with Crippen molar-refractivity contribution in [3.05, 3.63) is 35.3 Å². The highest BCUT2D eigenvalue weighted by Gasteiger charge is 2.05. The van der Waals surface area contributed by atoms with E-state index in [2.05, 4.69) is 43.2 Å². The van der Waals surface area contributed by atoms with Crippen molar-refractivity contribution in [2.75, 3.05) is 13.2 Å². The van der Waals surface area contributed by atoms with E-state index >= 15 is 0 Å². The standard InChI is InChI=1S/C17H24N2OS/c1-4-9-20-15-7-5-14(6-8-15)17-19-12-16(21-17)11-18-10-13(2)3/h5-8,12-13,18H,4,9-11H2,1-3H3. The monoisotopic (exact) mass is 304 g/mol. The maximum absolute atomic E-state index is 5.60. The molecule has 2 aromatic rings. The van der Waals surface area contributed by atoms with Crippen molar-refractivity contribution in [2.24, 2.45) is 5.92 Å². The molecule has 1 aromatic carbocycles. The van der Waals surface area contributed by atoms with Gasteiger partial charge >= 0.3 is 0 Å². The maximum atomic E-state index is 5.60. The fraction of sp³-hybridized carbons (Fsp3) is 0.471. The zero-order valence-corrected chi connectivity index (χ0v) is 13.9. The van der Waals surface area contributed by atoms with Crippen molar-refractivity contribution in [1.29, 1.82) is 0 Å². The summed E-state index contributed by atoms with van der Waals surface area (Å²) in [6.07, 6.45) is 3.00. The number of rotatable bonds is 8. The van der Waals surface area contributed by atoms with Gasteiger partial charge in [-0.15, -0.1) is 11.3 Å². The van der Waals surface area contributed by atoms with Gasteiger partial charge in [0.15, 0.2) is 0 Å². The Morgan fingerprint density at radius 2 is 2.00 bits per heavy atom. The average Bonchev–Trinajstić information content (AvgIpc) is 2.94. The predicted molar refractivity (Wildman–Crippen MR) is 89.9 cm³/mol. The largest absolute Gasteiger partial charge is 0.494 e. The van der Waals surface area contributed by atoms with E-state index in [9.17, 15) is 0 Å². The Labute approximate surface area is 131 Å². The van der Waals surface area contributed by atoms with Crippen LogP contribution in [0.4, 0.5) is 0 Å². The second-order valence-electron chi connectivity index (χ2n) is 5.53. The minimum absolute atomic E-state index is 0.674. The van der Waals surface area contributed by atoms with Crippen LogP contribution in [0.15, 0.2) is 30.5 Å². The van der Waals surface area contributed by atoms with E-state index in [0.29, 0.717) is 5.92 Å². The number of nitrogens with one attached hydrogen (secondary N) is 1. The fourth-order valence-electron chi connectivity index (χ4n) is 1.92. The van der Waals surface area contributed by atoms with Crippen LogP contribution in [-0.4, -0.2) is 18.1 Å². The lowest BCUT2D eigenvalue weighted by molar-refractivity contribution is 0.317. The molecular weight excluding hydrogens is 280 g/mol. The highest BCUT2D eigenvalue weighted by atomic mass is 32.1. The SMILES string of the molecule is CCCOc1ccc(-c2ncc(CNCC(C)C)s2)cc1. The quantitative estimate of drug-likeness (QED) is 0.787. The number of ether oxygens (including phenoxy) is 1. The molecule has 1 N–H and O–H groups in total. The molecule has 0 radical (unpaired) electrons. The zero-order valence-electron chi connectivity index (χ0n) is 13.1. The minimum atomic E-state index is 0.674. The Morgan fingerprint density at radius 1 is 1.24 bits per heavy atom. The lowest BCUT2D eigenvalue weighted by atomic mass is 10.2. The molecule has 0 amide bonds. The lowest BCUT2D eigenvalue weighted by Crippen LogP contribution is -2.18. The summed E-state index contributed by atoms with van der Waals surface area (Å²) < 4.78 is 5.60. The molecule has 0 bridgehead atoms. The Kier molecular flexibility index (Phi) is 6.21. The highest BCUT2D eigenvalue weighted by molar-refractivity contribution is 7.15. The number of nitrogens with zero attached hydrogens (tertiary/aromatic N) is 1. The van der Waals surface area contributed by atoms with E-state index in [1.165, 1.54) is 4.88 Å². The Hall–Kier alpha value is -1.39. The molecule has 0 unspecified atom stereocenters. The van der Waals surface area contributed by atoms with Gasteiger partial charge in [-0.1, -0.05) is 20.8 Å². The zero-order chi connectivity index (χ0) is 15.1. The van der Waals surface area contributed by atoms with Crippen molar-refractivity contribution in [3.63, 3.8) is 0 Å². The molecule has 1 aromatic heterocycles. The van der Waals surface area contributed by atoms with E-state index in [1.807, 2.05) is 18.3 Å². The van der Waals surface area contributed by atoms with Crippen LogP contribution in [0.5, 0.6) is 5.75 Å². The first-order chi connectivity index (χ1) is 10.2. The van der Waals surface area contributed by atoms with Crippen LogP contribution in [0.3, 0.4) is 0 Å². The van der Waals surface area contributed by atoms with Crippen LogP contribution < -0.4 is 10.1 Å². The van der Waals surface area contributed by atoms with E-state index in [1.54, 1.807) is 11.3 Å². The molecule has 1 heterocycles. The van der Waals surface area contributed by atoms with Crippen LogP contribution in [0.2, 0.25) is 0 Å². The first-order valence-corrected chi connectivity index (χ1v) is 8.39. The summed E-state index contributed by atoms with van der Waals surface area (Å²) >= 11 is 1.75. The van der Waals surface area contributed by atoms with Crippen molar-refractivity contribution in [1.82, 2.24) is 10.3 Å². The van der Waals surface area contributed by atoms with Crippen LogP contribution >= 0.6 is 11.3 Å². The van der Waals surface area contributed by atoms with Gasteiger partial charge in [-0.2, -0.15) is 0 Å². The highest BCUT2D eigenvalue weighted by Crippen LogP contribution is 2.26. The summed E-state index contributed by atoms with van der Waals surface area (Å²) in [5.74, 6) is 1.60. The summed E-state index contributed by atoms with van der Waals surface area (Å²) in [4.78, 5) is 5.79. The molecule has 0 aliphatic carbocycles. The van der Waals surface area contributed by atoms with Crippen LogP contribution in [-0.2, 0) is 6.54 Å². The Morgan fingerprint density at radius 3 is 2.67 bits per heavy atom. The molecule has 0 spiro atoms. The van der Waals surface area contributed by atoms with Crippen molar-refractivity contribution >= 4 is 11.3 Å². The Bertz CT molecular complexity index is 534. The number of aromatic nitrogens is 1. The third-order valence-corrected chi connectivity index (χ3v) is 4.03. The molecule has 21 heavy (non-hydrogen) atoms. The van der Waals surface area contributed by atoms with Crippen LogP contribution in [0.1, 0.15) is 32.1 Å². The Balaban J connectivity index is 1.94. The van der Waals surface area contributed by atoms with Gasteiger partial charge in [0.25, 0.3) is 0 Å². The van der Waals surface area contributed by atoms with Crippen molar-refractivity contribution in [3.8, 4) is 16.3 Å². The molecule has 0 saturated carbocycles. The number of hydrogen-bond acceptors (Lipinski definition) is 4. The molecule has 0 aliphatic rings. The van der Waals surface area contributed by atoms with Gasteiger partial charge in [0, 0.05) is 23.2 Å². The van der Waals surface area contributed by atoms with E-state index in [0.717, 1.165) is 42.4 Å². The summed E-state index contributed by atoms with van der Waals surface area (Å²) in [5.41, 5.74) is 1.15. The third kappa shape index (κ3) is 5.14. The molecule has 3 nitrogen and oxygen atoms in total. The lowest BCUT2D eigenvalue weighted by Gasteiger charge is -2.05. The first kappa shape index (κ1) is 16.0. The molecule has 4 heteroatoms. The third-order valence-electron chi connectivity index (χ3n) is 2.98. The molecule has 0 fully saturated rings. The van der Waals surface area contributed by atoms with Gasteiger partial charge in [0.1, 0.15) is 10.8 Å². The van der Waals surface area contributed by atoms with Gasteiger partial charge in [0.2, 0.25) is 0 Å². The fourth-order valence-corrected chi connectivity index (χ4v) is 2.81. The van der Waals surface area contributed by atoms with Crippen molar-refractivity contribution < 1.29 is 4.74 Å². The van der Waals surface area contributed by atoms with E-state index in [-0.39, 0.29) is 0 Å². The van der Waals surface area contributed by atoms with Gasteiger partial charge in [-0.05, 0) is 43.1 Å². The molecule has 0 aliphatic heterocycles. The molecule has 0 saturated heterocycles. The van der Waals surface area contributed by atoms with Gasteiger partial charge < -0.3 is 10.1 Å². The average molecular weight is 304 g/mol. The minimum Gasteiger partial charge on any atom is -0.494 e. The second-order valence-corrected chi connectivity index (χ2v) is 6.64. The number of hydrogen-bond donors (Lipinski definition) is 1. The van der Waals surface area contributed by atoms with Gasteiger partial charge in [-0.25, -0.2) is 4.98 Å². The van der Waals surface area contributed by atoms with E-state index in [4.69, 9.17) is 4.74 Å². The number of benzene rings is 1. The van der Waals surface area contributed by atoms with Gasteiger partial charge in [-0.3, -0.25) is 0 Å². The molecular formula is C17H24N2OS. The normalized spacial score (nSPS) is 11.0. The van der Waals surface area contributed by atoms with Crippen molar-refractivity contribution in [2.45, 2.75) is 33.7 Å². The first-order valence-electron chi connectivity index (χ1n) is 7.57. The molecule has 0 atom stereocenters. The summed E-state index contributed by atoms with van der Waals surface area (Å²) in [6.45, 7) is 9.24. The topological polar surface area (TPSA) is 34.1 Å². The summed E-state index contributed by atoms with van der Waals surface area (Å²) in [5, 5.41) is 4.52. The molecule has 2 rings (SSSR count). The number of thiazole rings is 1. The van der Waals surface area contributed by atoms with Crippen LogP contribution in [0.25, 0.3) is 10.6 Å². The smallest absolute Gasteiger partial charge is 0.123 e. The van der Waals surface area contributed by atoms with Crippen LogP contribution in [0, 0.1) is 5.92 Å². The second kappa shape index (κ2) is 8.15. The maximum Gasteiger partial charge on any atom is 0.123 e. The van der Waals surface area contributed by atoms with E-state index < -0.39 is 0 Å².